The fourth-order valence-corrected chi connectivity index (χ4v) is 1.19. The van der Waals surface area contributed by atoms with Crippen LogP contribution in [0, 0.1) is 5.41 Å². The summed E-state index contributed by atoms with van der Waals surface area (Å²) in [5, 5.41) is 2.91. The highest BCUT2D eigenvalue weighted by atomic mass is 16.2. The van der Waals surface area contributed by atoms with Gasteiger partial charge < -0.3 is 16.0 Å². The molecule has 2 amide bonds. The Hall–Kier alpha value is -0.770. The maximum absolute atomic E-state index is 11.7. The van der Waals surface area contributed by atoms with Crippen molar-refractivity contribution in [2.24, 2.45) is 11.1 Å². The van der Waals surface area contributed by atoms with Crippen molar-refractivity contribution in [3.63, 3.8) is 0 Å². The maximum Gasteiger partial charge on any atom is 0.317 e. The molecule has 0 aliphatic rings. The Morgan fingerprint density at radius 3 is 2.07 bits per heavy atom. The Labute approximate surface area is 93.2 Å². The van der Waals surface area contributed by atoms with E-state index in [0.717, 1.165) is 0 Å². The number of rotatable bonds is 3. The quantitative estimate of drug-likeness (QED) is 0.748. The number of hydrogen-bond acceptors (Lipinski definition) is 2. The van der Waals surface area contributed by atoms with Crippen LogP contribution in [-0.2, 0) is 0 Å². The number of hydrogen-bond donors (Lipinski definition) is 2. The van der Waals surface area contributed by atoms with E-state index in [0.29, 0.717) is 13.1 Å². The summed E-state index contributed by atoms with van der Waals surface area (Å²) in [7, 11) is 1.79. The summed E-state index contributed by atoms with van der Waals surface area (Å²) in [6, 6.07) is -0.0518. The molecule has 0 rings (SSSR count). The maximum atomic E-state index is 11.7. The zero-order chi connectivity index (χ0) is 12.3. The number of nitrogens with two attached hydrogens (primary N) is 1. The Kier molecular flexibility index (Phi) is 4.59. The van der Waals surface area contributed by atoms with Gasteiger partial charge in [-0.15, -0.1) is 0 Å². The first-order chi connectivity index (χ1) is 6.57. The topological polar surface area (TPSA) is 58.4 Å². The molecule has 90 valence electrons. The molecule has 3 N–H and O–H groups in total. The van der Waals surface area contributed by atoms with Crippen LogP contribution in [0.4, 0.5) is 4.79 Å². The van der Waals surface area contributed by atoms with Crippen molar-refractivity contribution in [2.75, 3.05) is 20.1 Å². The van der Waals surface area contributed by atoms with Gasteiger partial charge in [-0.25, -0.2) is 4.79 Å². The SMILES string of the molecule is CN(CC(C)(C)CN)C(=O)NC(C)(C)C. The summed E-state index contributed by atoms with van der Waals surface area (Å²) >= 11 is 0. The molecule has 0 aliphatic heterocycles. The monoisotopic (exact) mass is 215 g/mol. The van der Waals surface area contributed by atoms with Crippen molar-refractivity contribution in [1.82, 2.24) is 10.2 Å². The van der Waals surface area contributed by atoms with Crippen LogP contribution in [0.15, 0.2) is 0 Å². The van der Waals surface area contributed by atoms with E-state index in [4.69, 9.17) is 5.73 Å². The third-order valence-corrected chi connectivity index (χ3v) is 2.05. The molecule has 4 nitrogen and oxygen atoms in total. The highest BCUT2D eigenvalue weighted by Gasteiger charge is 2.23. The average molecular weight is 215 g/mol. The molecule has 0 spiro atoms. The molecule has 0 aliphatic carbocycles. The molecule has 0 aromatic heterocycles. The standard InChI is InChI=1S/C11H25N3O/c1-10(2,3)13-9(15)14(6)8-11(4,5)7-12/h7-8,12H2,1-6H3,(H,13,15). The third-order valence-electron chi connectivity index (χ3n) is 2.05. The molecule has 0 fully saturated rings. The van der Waals surface area contributed by atoms with Crippen LogP contribution in [0.3, 0.4) is 0 Å². The minimum atomic E-state index is -0.196. The zero-order valence-electron chi connectivity index (χ0n) is 10.8. The third kappa shape index (κ3) is 6.33. The first-order valence-electron chi connectivity index (χ1n) is 5.31. The van der Waals surface area contributed by atoms with Gasteiger partial charge in [-0.3, -0.25) is 0 Å². The van der Waals surface area contributed by atoms with Crippen molar-refractivity contribution in [3.8, 4) is 0 Å². The minimum absolute atomic E-state index is 0.0377. The van der Waals surface area contributed by atoms with Gasteiger partial charge in [0.1, 0.15) is 0 Å². The normalized spacial score (nSPS) is 12.5. The number of amides is 2. The van der Waals surface area contributed by atoms with E-state index in [1.54, 1.807) is 11.9 Å². The Bertz CT molecular complexity index is 218. The summed E-state index contributed by atoms with van der Waals surface area (Å²) in [6.45, 7) is 11.2. The van der Waals surface area contributed by atoms with Gasteiger partial charge >= 0.3 is 6.03 Å². The van der Waals surface area contributed by atoms with Crippen molar-refractivity contribution in [3.05, 3.63) is 0 Å². The molecule has 4 heteroatoms. The molecule has 0 heterocycles. The molecule has 0 atom stereocenters. The lowest BCUT2D eigenvalue weighted by atomic mass is 9.93. The van der Waals surface area contributed by atoms with E-state index in [-0.39, 0.29) is 17.0 Å². The second kappa shape index (κ2) is 4.84. The smallest absolute Gasteiger partial charge is 0.317 e. The first kappa shape index (κ1) is 14.2. The predicted octanol–water partition coefficient (Wildman–Crippen LogP) is 1.41. The number of nitrogens with one attached hydrogen (secondary N) is 1. The largest absolute Gasteiger partial charge is 0.333 e. The molecular weight excluding hydrogens is 190 g/mol. The number of carbonyl (C=O) groups is 1. The zero-order valence-corrected chi connectivity index (χ0v) is 10.8. The fraction of sp³-hybridized carbons (Fsp3) is 0.909. The second-order valence-electron chi connectivity index (χ2n) is 5.90. The van der Waals surface area contributed by atoms with E-state index >= 15 is 0 Å². The van der Waals surface area contributed by atoms with Crippen LogP contribution in [0.1, 0.15) is 34.6 Å². The van der Waals surface area contributed by atoms with Gasteiger partial charge in [0.2, 0.25) is 0 Å². The van der Waals surface area contributed by atoms with Crippen LogP contribution in [0.5, 0.6) is 0 Å². The molecule has 0 aromatic rings. The lowest BCUT2D eigenvalue weighted by molar-refractivity contribution is 0.177. The first-order valence-corrected chi connectivity index (χ1v) is 5.31. The van der Waals surface area contributed by atoms with E-state index in [9.17, 15) is 4.79 Å². The van der Waals surface area contributed by atoms with Crippen molar-refractivity contribution < 1.29 is 4.79 Å². The van der Waals surface area contributed by atoms with Crippen molar-refractivity contribution >= 4 is 6.03 Å². The van der Waals surface area contributed by atoms with E-state index in [2.05, 4.69) is 5.32 Å². The minimum Gasteiger partial charge on any atom is -0.333 e. The Morgan fingerprint density at radius 1 is 1.27 bits per heavy atom. The van der Waals surface area contributed by atoms with E-state index in [1.165, 1.54) is 0 Å². The Balaban J connectivity index is 4.23. The number of nitrogens with zero attached hydrogens (tertiary/aromatic N) is 1. The molecule has 0 saturated carbocycles. The van der Waals surface area contributed by atoms with Crippen LogP contribution in [-0.4, -0.2) is 36.6 Å². The molecule has 0 unspecified atom stereocenters. The van der Waals surface area contributed by atoms with E-state index < -0.39 is 0 Å². The summed E-state index contributed by atoms with van der Waals surface area (Å²) in [4.78, 5) is 13.4. The van der Waals surface area contributed by atoms with Gasteiger partial charge in [-0.1, -0.05) is 13.8 Å². The van der Waals surface area contributed by atoms with Crippen LogP contribution in [0.2, 0.25) is 0 Å². The number of urea groups is 1. The van der Waals surface area contributed by atoms with Gasteiger partial charge in [0.25, 0.3) is 0 Å². The van der Waals surface area contributed by atoms with Gasteiger partial charge in [0, 0.05) is 19.1 Å². The van der Waals surface area contributed by atoms with Gasteiger partial charge in [0.15, 0.2) is 0 Å². The number of carbonyl (C=O) groups excluding carboxylic acids is 1. The molecular formula is C11H25N3O. The van der Waals surface area contributed by atoms with Gasteiger partial charge in [0.05, 0.1) is 0 Å². The molecule has 0 bridgehead atoms. The lowest BCUT2D eigenvalue weighted by Gasteiger charge is -2.31. The second-order valence-corrected chi connectivity index (χ2v) is 5.90. The summed E-state index contributed by atoms with van der Waals surface area (Å²) in [5.74, 6) is 0. The van der Waals surface area contributed by atoms with Crippen molar-refractivity contribution in [2.45, 2.75) is 40.2 Å². The molecule has 0 saturated heterocycles. The van der Waals surface area contributed by atoms with Crippen LogP contribution < -0.4 is 11.1 Å². The Morgan fingerprint density at radius 2 is 1.73 bits per heavy atom. The van der Waals surface area contributed by atoms with E-state index in [1.807, 2.05) is 34.6 Å². The van der Waals surface area contributed by atoms with Crippen molar-refractivity contribution in [1.29, 1.82) is 0 Å². The van der Waals surface area contributed by atoms with Gasteiger partial charge in [-0.05, 0) is 32.7 Å². The summed E-state index contributed by atoms with van der Waals surface area (Å²) in [5.41, 5.74) is 5.39. The average Bonchev–Trinajstić information content (AvgIpc) is 2.00. The van der Waals surface area contributed by atoms with Crippen LogP contribution in [0.25, 0.3) is 0 Å². The summed E-state index contributed by atoms with van der Waals surface area (Å²) < 4.78 is 0. The molecule has 0 aromatic carbocycles. The molecule has 0 radical (unpaired) electrons. The predicted molar refractivity (Wildman–Crippen MR) is 63.8 cm³/mol. The van der Waals surface area contributed by atoms with Gasteiger partial charge in [-0.2, -0.15) is 0 Å². The molecule has 15 heavy (non-hydrogen) atoms. The highest BCUT2D eigenvalue weighted by molar-refractivity contribution is 5.74. The summed E-state index contributed by atoms with van der Waals surface area (Å²) in [6.07, 6.45) is 0. The lowest BCUT2D eigenvalue weighted by Crippen LogP contribution is -2.50. The van der Waals surface area contributed by atoms with Crippen LogP contribution >= 0.6 is 0 Å². The fourth-order valence-electron chi connectivity index (χ4n) is 1.19. The highest BCUT2D eigenvalue weighted by Crippen LogP contribution is 2.14.